The first-order chi connectivity index (χ1) is 10.5. The molecule has 1 aliphatic rings. The molecule has 0 aromatic heterocycles. The first kappa shape index (κ1) is 16.3. The van der Waals surface area contributed by atoms with E-state index in [4.69, 9.17) is 4.74 Å². The van der Waals surface area contributed by atoms with Crippen LogP contribution in [-0.4, -0.2) is 42.1 Å². The quantitative estimate of drug-likeness (QED) is 0.902. The van der Waals surface area contributed by atoms with Gasteiger partial charge in [-0.1, -0.05) is 6.92 Å². The van der Waals surface area contributed by atoms with E-state index in [1.54, 1.807) is 36.1 Å². The van der Waals surface area contributed by atoms with Crippen LogP contribution in [-0.2, 0) is 9.53 Å². The summed E-state index contributed by atoms with van der Waals surface area (Å²) in [6.45, 7) is 6.89. The fraction of sp³-hybridized carbons (Fsp3) is 0.500. The molecular weight excluding hydrogens is 282 g/mol. The van der Waals surface area contributed by atoms with Crippen molar-refractivity contribution >= 4 is 23.3 Å². The van der Waals surface area contributed by atoms with E-state index in [9.17, 15) is 9.59 Å². The fourth-order valence-corrected chi connectivity index (χ4v) is 2.43. The highest BCUT2D eigenvalue weighted by molar-refractivity contribution is 5.92. The second kappa shape index (κ2) is 7.26. The third-order valence-electron chi connectivity index (χ3n) is 3.45. The molecule has 6 nitrogen and oxygen atoms in total. The summed E-state index contributed by atoms with van der Waals surface area (Å²) in [5.74, 6) is -0.0342. The Morgan fingerprint density at radius 1 is 1.09 bits per heavy atom. The van der Waals surface area contributed by atoms with Crippen molar-refractivity contribution in [2.24, 2.45) is 0 Å². The molecule has 22 heavy (non-hydrogen) atoms. The zero-order valence-electron chi connectivity index (χ0n) is 13.3. The molecule has 3 amide bonds. The number of carbonyl (C=O) groups is 2. The maximum atomic E-state index is 12.3. The third kappa shape index (κ3) is 4.46. The normalized spacial score (nSPS) is 21.3. The molecule has 1 fully saturated rings. The number of nitrogens with zero attached hydrogens (tertiary/aromatic N) is 1. The smallest absolute Gasteiger partial charge is 0.322 e. The minimum absolute atomic E-state index is 0.0342. The summed E-state index contributed by atoms with van der Waals surface area (Å²) in [7, 11) is 0. The number of urea groups is 1. The van der Waals surface area contributed by atoms with E-state index >= 15 is 0 Å². The topological polar surface area (TPSA) is 70.7 Å². The van der Waals surface area contributed by atoms with Crippen molar-refractivity contribution in [2.45, 2.75) is 39.4 Å². The lowest BCUT2D eigenvalue weighted by atomic mass is 10.2. The predicted octanol–water partition coefficient (Wildman–Crippen LogP) is 2.68. The molecule has 0 aliphatic carbocycles. The van der Waals surface area contributed by atoms with Gasteiger partial charge in [-0.3, -0.25) is 4.79 Å². The van der Waals surface area contributed by atoms with Crippen LogP contribution in [0.1, 0.15) is 27.2 Å². The lowest BCUT2D eigenvalue weighted by Crippen LogP contribution is -2.49. The number of hydrogen-bond donors (Lipinski definition) is 2. The van der Waals surface area contributed by atoms with Gasteiger partial charge in [0.25, 0.3) is 0 Å². The highest BCUT2D eigenvalue weighted by Gasteiger charge is 2.25. The Morgan fingerprint density at radius 2 is 1.59 bits per heavy atom. The van der Waals surface area contributed by atoms with Gasteiger partial charge in [0.2, 0.25) is 5.91 Å². The molecule has 2 rings (SSSR count). The van der Waals surface area contributed by atoms with Gasteiger partial charge >= 0.3 is 6.03 Å². The number of morpholine rings is 1. The summed E-state index contributed by atoms with van der Waals surface area (Å²) in [6, 6.07) is 6.96. The fourth-order valence-electron chi connectivity index (χ4n) is 2.43. The molecule has 1 aromatic rings. The maximum absolute atomic E-state index is 12.3. The molecule has 1 heterocycles. The van der Waals surface area contributed by atoms with Crippen LogP contribution in [0.15, 0.2) is 24.3 Å². The van der Waals surface area contributed by atoms with Crippen molar-refractivity contribution in [1.82, 2.24) is 4.90 Å². The van der Waals surface area contributed by atoms with Crippen LogP contribution in [0, 0.1) is 0 Å². The van der Waals surface area contributed by atoms with E-state index in [1.165, 1.54) is 0 Å². The molecule has 0 spiro atoms. The number of carbonyl (C=O) groups excluding carboxylic acids is 2. The number of rotatable bonds is 3. The molecule has 2 N–H and O–H groups in total. The average molecular weight is 305 g/mol. The highest BCUT2D eigenvalue weighted by atomic mass is 16.5. The number of hydrogen-bond acceptors (Lipinski definition) is 3. The van der Waals surface area contributed by atoms with Gasteiger partial charge in [0, 0.05) is 30.9 Å². The summed E-state index contributed by atoms with van der Waals surface area (Å²) >= 11 is 0. The first-order valence-corrected chi connectivity index (χ1v) is 7.59. The molecule has 1 aromatic carbocycles. The van der Waals surface area contributed by atoms with Crippen molar-refractivity contribution < 1.29 is 14.3 Å². The van der Waals surface area contributed by atoms with Crippen LogP contribution >= 0.6 is 0 Å². The minimum atomic E-state index is -0.132. The van der Waals surface area contributed by atoms with Crippen molar-refractivity contribution in [3.8, 4) is 0 Å². The number of nitrogens with one attached hydrogen (secondary N) is 2. The van der Waals surface area contributed by atoms with E-state index in [0.717, 1.165) is 5.69 Å². The monoisotopic (exact) mass is 305 g/mol. The van der Waals surface area contributed by atoms with Crippen LogP contribution in [0.5, 0.6) is 0 Å². The Labute approximate surface area is 130 Å². The molecule has 6 heteroatoms. The molecule has 1 aliphatic heterocycles. The zero-order valence-corrected chi connectivity index (χ0v) is 13.3. The molecule has 1 saturated heterocycles. The predicted molar refractivity (Wildman–Crippen MR) is 86.0 cm³/mol. The lowest BCUT2D eigenvalue weighted by molar-refractivity contribution is -0.115. The number of amides is 3. The van der Waals surface area contributed by atoms with Gasteiger partial charge in [0.05, 0.1) is 12.2 Å². The molecule has 2 atom stereocenters. The third-order valence-corrected chi connectivity index (χ3v) is 3.45. The summed E-state index contributed by atoms with van der Waals surface area (Å²) in [5.41, 5.74) is 1.42. The standard InChI is InChI=1S/C16H23N3O3/c1-4-15(20)17-13-5-7-14(8-6-13)18-16(21)19-9-11(2)22-12(3)10-19/h5-8,11-12H,4,9-10H2,1-3H3,(H,17,20)(H,18,21). The van der Waals surface area contributed by atoms with E-state index in [1.807, 2.05) is 13.8 Å². The second-order valence-corrected chi connectivity index (χ2v) is 5.57. The van der Waals surface area contributed by atoms with Gasteiger partial charge in [0.1, 0.15) is 0 Å². The van der Waals surface area contributed by atoms with Crippen LogP contribution in [0.3, 0.4) is 0 Å². The van der Waals surface area contributed by atoms with Crippen LogP contribution in [0.25, 0.3) is 0 Å². The Kier molecular flexibility index (Phi) is 5.38. The Bertz CT molecular complexity index is 520. The van der Waals surface area contributed by atoms with Gasteiger partial charge in [-0.25, -0.2) is 4.79 Å². The summed E-state index contributed by atoms with van der Waals surface area (Å²) in [6.07, 6.45) is 0.522. The molecule has 2 unspecified atom stereocenters. The van der Waals surface area contributed by atoms with Crippen LogP contribution in [0.2, 0.25) is 0 Å². The maximum Gasteiger partial charge on any atom is 0.322 e. The largest absolute Gasteiger partial charge is 0.372 e. The average Bonchev–Trinajstić information content (AvgIpc) is 2.48. The zero-order chi connectivity index (χ0) is 16.1. The lowest BCUT2D eigenvalue weighted by Gasteiger charge is -2.35. The highest BCUT2D eigenvalue weighted by Crippen LogP contribution is 2.16. The van der Waals surface area contributed by atoms with E-state index in [2.05, 4.69) is 10.6 Å². The van der Waals surface area contributed by atoms with Gasteiger partial charge in [0.15, 0.2) is 0 Å². The molecular formula is C16H23N3O3. The minimum Gasteiger partial charge on any atom is -0.372 e. The Morgan fingerprint density at radius 3 is 2.09 bits per heavy atom. The van der Waals surface area contributed by atoms with Crippen molar-refractivity contribution in [2.75, 3.05) is 23.7 Å². The number of anilines is 2. The molecule has 120 valence electrons. The van der Waals surface area contributed by atoms with Gasteiger partial charge in [-0.15, -0.1) is 0 Å². The molecule has 0 saturated carbocycles. The second-order valence-electron chi connectivity index (χ2n) is 5.57. The van der Waals surface area contributed by atoms with Crippen molar-refractivity contribution in [3.05, 3.63) is 24.3 Å². The van der Waals surface area contributed by atoms with Gasteiger partial charge in [-0.2, -0.15) is 0 Å². The van der Waals surface area contributed by atoms with E-state index in [-0.39, 0.29) is 24.1 Å². The summed E-state index contributed by atoms with van der Waals surface area (Å²) in [5, 5.41) is 5.63. The SMILES string of the molecule is CCC(=O)Nc1ccc(NC(=O)N2CC(C)OC(C)C2)cc1. The van der Waals surface area contributed by atoms with E-state index < -0.39 is 0 Å². The van der Waals surface area contributed by atoms with Crippen molar-refractivity contribution in [1.29, 1.82) is 0 Å². The van der Waals surface area contributed by atoms with Crippen molar-refractivity contribution in [3.63, 3.8) is 0 Å². The summed E-state index contributed by atoms with van der Waals surface area (Å²) < 4.78 is 5.62. The Hall–Kier alpha value is -2.08. The van der Waals surface area contributed by atoms with Crippen LogP contribution in [0.4, 0.5) is 16.2 Å². The van der Waals surface area contributed by atoms with Gasteiger partial charge < -0.3 is 20.3 Å². The van der Waals surface area contributed by atoms with Gasteiger partial charge in [-0.05, 0) is 38.1 Å². The van der Waals surface area contributed by atoms with E-state index in [0.29, 0.717) is 25.2 Å². The summed E-state index contributed by atoms with van der Waals surface area (Å²) in [4.78, 5) is 25.3. The number of ether oxygens (including phenoxy) is 1. The number of benzene rings is 1. The van der Waals surface area contributed by atoms with Crippen LogP contribution < -0.4 is 10.6 Å². The molecule has 0 bridgehead atoms. The molecule has 0 radical (unpaired) electrons. The Balaban J connectivity index is 1.92. The first-order valence-electron chi connectivity index (χ1n) is 7.59.